The van der Waals surface area contributed by atoms with Crippen molar-refractivity contribution in [1.82, 2.24) is 5.32 Å². The van der Waals surface area contributed by atoms with Crippen molar-refractivity contribution < 1.29 is 5.11 Å². The summed E-state index contributed by atoms with van der Waals surface area (Å²) in [5, 5.41) is 12.9. The van der Waals surface area contributed by atoms with E-state index in [9.17, 15) is 5.11 Å². The molecule has 2 atom stereocenters. The molecule has 82 valence electrons. The molecule has 0 bridgehead atoms. The predicted octanol–water partition coefficient (Wildman–Crippen LogP) is 1.58. The Labute approximate surface area is 90.7 Å². The first kappa shape index (κ1) is 10.3. The zero-order valence-corrected chi connectivity index (χ0v) is 9.27. The van der Waals surface area contributed by atoms with Gasteiger partial charge in [0.25, 0.3) is 0 Å². The van der Waals surface area contributed by atoms with Crippen molar-refractivity contribution >= 4 is 5.69 Å². The van der Waals surface area contributed by atoms with Crippen molar-refractivity contribution in [2.75, 3.05) is 18.0 Å². The Morgan fingerprint density at radius 2 is 1.93 bits per heavy atom. The summed E-state index contributed by atoms with van der Waals surface area (Å²) in [6, 6.07) is 8.43. The van der Waals surface area contributed by atoms with Crippen LogP contribution < -0.4 is 10.2 Å². The lowest BCUT2D eigenvalue weighted by Gasteiger charge is -2.41. The molecule has 1 aromatic carbocycles. The lowest BCUT2D eigenvalue weighted by atomic mass is 10.1. The maximum absolute atomic E-state index is 9.47. The highest BCUT2D eigenvalue weighted by Gasteiger charge is 2.24. The standard InChI is InChI=1S/C12H18N2O/c1-9-7-13-8-10(2)14(9)11-4-3-5-12(15)6-11/h3-6,9-10,13,15H,7-8H2,1-2H3. The summed E-state index contributed by atoms with van der Waals surface area (Å²) in [4.78, 5) is 2.36. The van der Waals surface area contributed by atoms with Gasteiger partial charge in [-0.25, -0.2) is 0 Å². The fourth-order valence-electron chi connectivity index (χ4n) is 2.29. The molecule has 1 heterocycles. The maximum Gasteiger partial charge on any atom is 0.117 e. The lowest BCUT2D eigenvalue weighted by Crippen LogP contribution is -2.55. The van der Waals surface area contributed by atoms with Crippen LogP contribution in [0.25, 0.3) is 0 Å². The van der Waals surface area contributed by atoms with Gasteiger partial charge in [0.05, 0.1) is 0 Å². The maximum atomic E-state index is 9.47. The van der Waals surface area contributed by atoms with Crippen LogP contribution in [-0.4, -0.2) is 30.3 Å². The van der Waals surface area contributed by atoms with Crippen LogP contribution in [0, 0.1) is 0 Å². The highest BCUT2D eigenvalue weighted by Crippen LogP contribution is 2.25. The minimum Gasteiger partial charge on any atom is -0.508 e. The predicted molar refractivity (Wildman–Crippen MR) is 62.4 cm³/mol. The topological polar surface area (TPSA) is 35.5 Å². The van der Waals surface area contributed by atoms with E-state index in [1.165, 1.54) is 0 Å². The third kappa shape index (κ3) is 2.07. The number of benzene rings is 1. The largest absolute Gasteiger partial charge is 0.508 e. The first-order chi connectivity index (χ1) is 7.18. The lowest BCUT2D eigenvalue weighted by molar-refractivity contribution is 0.430. The summed E-state index contributed by atoms with van der Waals surface area (Å²) < 4.78 is 0. The van der Waals surface area contributed by atoms with Crippen molar-refractivity contribution in [2.24, 2.45) is 0 Å². The van der Waals surface area contributed by atoms with Gasteiger partial charge in [-0.1, -0.05) is 6.07 Å². The van der Waals surface area contributed by atoms with Crippen LogP contribution in [0.3, 0.4) is 0 Å². The van der Waals surface area contributed by atoms with Gasteiger partial charge in [0.1, 0.15) is 5.75 Å². The summed E-state index contributed by atoms with van der Waals surface area (Å²) in [5.74, 6) is 0.338. The molecule has 2 rings (SSSR count). The fourth-order valence-corrected chi connectivity index (χ4v) is 2.29. The highest BCUT2D eigenvalue weighted by molar-refractivity contribution is 5.52. The second kappa shape index (κ2) is 4.11. The number of nitrogens with one attached hydrogen (secondary N) is 1. The van der Waals surface area contributed by atoms with Gasteiger partial charge in [0.15, 0.2) is 0 Å². The van der Waals surface area contributed by atoms with Gasteiger partial charge in [0, 0.05) is 36.9 Å². The van der Waals surface area contributed by atoms with Crippen molar-refractivity contribution in [3.05, 3.63) is 24.3 Å². The average molecular weight is 206 g/mol. The molecule has 2 N–H and O–H groups in total. The number of hydrogen-bond acceptors (Lipinski definition) is 3. The Hall–Kier alpha value is -1.22. The quantitative estimate of drug-likeness (QED) is 0.732. The molecular formula is C12H18N2O. The molecule has 1 aliphatic rings. The molecule has 15 heavy (non-hydrogen) atoms. The number of rotatable bonds is 1. The number of hydrogen-bond donors (Lipinski definition) is 2. The van der Waals surface area contributed by atoms with Crippen LogP contribution in [0.1, 0.15) is 13.8 Å². The van der Waals surface area contributed by atoms with E-state index >= 15 is 0 Å². The molecule has 0 radical (unpaired) electrons. The van der Waals surface area contributed by atoms with Crippen LogP contribution in [0.15, 0.2) is 24.3 Å². The van der Waals surface area contributed by atoms with Crippen LogP contribution in [0.5, 0.6) is 5.75 Å². The van der Waals surface area contributed by atoms with E-state index in [2.05, 4.69) is 30.1 Å². The van der Waals surface area contributed by atoms with E-state index in [-0.39, 0.29) is 0 Å². The summed E-state index contributed by atoms with van der Waals surface area (Å²) in [5.41, 5.74) is 1.11. The van der Waals surface area contributed by atoms with E-state index in [0.717, 1.165) is 18.8 Å². The molecule has 2 unspecified atom stereocenters. The van der Waals surface area contributed by atoms with Gasteiger partial charge in [0.2, 0.25) is 0 Å². The summed E-state index contributed by atoms with van der Waals surface area (Å²) >= 11 is 0. The summed E-state index contributed by atoms with van der Waals surface area (Å²) in [6.45, 7) is 6.40. The van der Waals surface area contributed by atoms with E-state index < -0.39 is 0 Å². The Morgan fingerprint density at radius 1 is 1.27 bits per heavy atom. The smallest absolute Gasteiger partial charge is 0.117 e. The third-order valence-corrected chi connectivity index (χ3v) is 2.96. The molecule has 1 saturated heterocycles. The number of phenols is 1. The highest BCUT2D eigenvalue weighted by atomic mass is 16.3. The molecule has 0 spiro atoms. The Balaban J connectivity index is 2.27. The van der Waals surface area contributed by atoms with Crippen molar-refractivity contribution in [2.45, 2.75) is 25.9 Å². The van der Waals surface area contributed by atoms with Crippen molar-refractivity contribution in [3.63, 3.8) is 0 Å². The molecule has 0 aromatic heterocycles. The summed E-state index contributed by atoms with van der Waals surface area (Å²) in [6.07, 6.45) is 0. The second-order valence-corrected chi connectivity index (χ2v) is 4.28. The van der Waals surface area contributed by atoms with Gasteiger partial charge in [-0.2, -0.15) is 0 Å². The van der Waals surface area contributed by atoms with E-state index in [1.807, 2.05) is 12.1 Å². The number of anilines is 1. The zero-order chi connectivity index (χ0) is 10.8. The zero-order valence-electron chi connectivity index (χ0n) is 9.27. The Kier molecular flexibility index (Phi) is 2.82. The average Bonchev–Trinajstić information content (AvgIpc) is 2.17. The molecule has 3 heteroatoms. The number of piperazine rings is 1. The van der Waals surface area contributed by atoms with E-state index in [0.29, 0.717) is 17.8 Å². The van der Waals surface area contributed by atoms with E-state index in [4.69, 9.17) is 0 Å². The molecule has 1 fully saturated rings. The van der Waals surface area contributed by atoms with Crippen LogP contribution in [0.4, 0.5) is 5.69 Å². The third-order valence-electron chi connectivity index (χ3n) is 2.96. The molecular weight excluding hydrogens is 188 g/mol. The first-order valence-electron chi connectivity index (χ1n) is 5.46. The molecule has 1 aromatic rings. The minimum atomic E-state index is 0.338. The Bertz CT molecular complexity index is 330. The van der Waals surface area contributed by atoms with Gasteiger partial charge >= 0.3 is 0 Å². The molecule has 0 saturated carbocycles. The summed E-state index contributed by atoms with van der Waals surface area (Å²) in [7, 11) is 0. The van der Waals surface area contributed by atoms with Gasteiger partial charge < -0.3 is 15.3 Å². The van der Waals surface area contributed by atoms with Gasteiger partial charge in [-0.05, 0) is 26.0 Å². The molecule has 0 amide bonds. The van der Waals surface area contributed by atoms with Crippen molar-refractivity contribution in [1.29, 1.82) is 0 Å². The second-order valence-electron chi connectivity index (χ2n) is 4.28. The molecule has 3 nitrogen and oxygen atoms in total. The molecule has 1 aliphatic heterocycles. The van der Waals surface area contributed by atoms with E-state index in [1.54, 1.807) is 6.07 Å². The molecule has 0 aliphatic carbocycles. The normalized spacial score (nSPS) is 26.7. The Morgan fingerprint density at radius 3 is 2.53 bits per heavy atom. The first-order valence-corrected chi connectivity index (χ1v) is 5.46. The van der Waals surface area contributed by atoms with Crippen LogP contribution in [-0.2, 0) is 0 Å². The monoisotopic (exact) mass is 206 g/mol. The van der Waals surface area contributed by atoms with Crippen LogP contribution >= 0.6 is 0 Å². The van der Waals surface area contributed by atoms with Gasteiger partial charge in [-0.15, -0.1) is 0 Å². The number of phenolic OH excluding ortho intramolecular Hbond substituents is 1. The fraction of sp³-hybridized carbons (Fsp3) is 0.500. The van der Waals surface area contributed by atoms with Gasteiger partial charge in [-0.3, -0.25) is 0 Å². The number of aromatic hydroxyl groups is 1. The van der Waals surface area contributed by atoms with Crippen molar-refractivity contribution in [3.8, 4) is 5.75 Å². The van der Waals surface area contributed by atoms with Crippen LogP contribution in [0.2, 0.25) is 0 Å². The SMILES string of the molecule is CC1CNCC(C)N1c1cccc(O)c1. The minimum absolute atomic E-state index is 0.338. The number of nitrogens with zero attached hydrogens (tertiary/aromatic N) is 1.